The number of nitrogens with one attached hydrogen (secondary N) is 1. The maximum absolute atomic E-state index is 12.4. The van der Waals surface area contributed by atoms with Crippen molar-refractivity contribution in [2.24, 2.45) is 5.41 Å². The minimum absolute atomic E-state index is 0.0747. The Morgan fingerprint density at radius 1 is 1.00 bits per heavy atom. The molecule has 2 aromatic carbocycles. The highest BCUT2D eigenvalue weighted by molar-refractivity contribution is 6.33. The molecule has 29 heavy (non-hydrogen) atoms. The highest BCUT2D eigenvalue weighted by Gasteiger charge is 2.30. The summed E-state index contributed by atoms with van der Waals surface area (Å²) in [5.41, 5.74) is 2.21. The predicted molar refractivity (Wildman–Crippen MR) is 118 cm³/mol. The molecule has 0 atom stereocenters. The maximum Gasteiger partial charge on any atom is 0.228 e. The van der Waals surface area contributed by atoms with Gasteiger partial charge in [-0.3, -0.25) is 9.59 Å². The SMILES string of the molecule is CC(C)(C)C(=O)N1CCN(c2ccc(NC(=O)Cc3ccccc3)cc2Cl)CC1. The second-order valence-electron chi connectivity index (χ2n) is 8.41. The molecular formula is C23H28ClN3O2. The van der Waals surface area contributed by atoms with Gasteiger partial charge in [0, 0.05) is 37.3 Å². The monoisotopic (exact) mass is 413 g/mol. The Morgan fingerprint density at radius 2 is 1.66 bits per heavy atom. The summed E-state index contributed by atoms with van der Waals surface area (Å²) in [7, 11) is 0. The number of hydrogen-bond donors (Lipinski definition) is 1. The normalized spacial score (nSPS) is 14.6. The minimum Gasteiger partial charge on any atom is -0.367 e. The standard InChI is InChI=1S/C23H28ClN3O2/c1-23(2,3)22(29)27-13-11-26(12-14-27)20-10-9-18(16-19(20)24)25-21(28)15-17-7-5-4-6-8-17/h4-10,16H,11-15H2,1-3H3,(H,25,28). The highest BCUT2D eigenvalue weighted by atomic mass is 35.5. The van der Waals surface area contributed by atoms with E-state index in [-0.39, 0.29) is 17.2 Å². The van der Waals surface area contributed by atoms with Crippen LogP contribution in [0.4, 0.5) is 11.4 Å². The highest BCUT2D eigenvalue weighted by Crippen LogP contribution is 2.30. The summed E-state index contributed by atoms with van der Waals surface area (Å²) < 4.78 is 0. The molecule has 0 aromatic heterocycles. The van der Waals surface area contributed by atoms with E-state index in [9.17, 15) is 9.59 Å². The molecule has 0 radical (unpaired) electrons. The van der Waals surface area contributed by atoms with E-state index in [1.165, 1.54) is 0 Å². The van der Waals surface area contributed by atoms with Gasteiger partial charge >= 0.3 is 0 Å². The van der Waals surface area contributed by atoms with E-state index in [0.29, 0.717) is 30.2 Å². The lowest BCUT2D eigenvalue weighted by Gasteiger charge is -2.39. The van der Waals surface area contributed by atoms with E-state index >= 15 is 0 Å². The molecule has 0 saturated carbocycles. The molecule has 1 aliphatic rings. The van der Waals surface area contributed by atoms with Crippen molar-refractivity contribution >= 4 is 34.8 Å². The fourth-order valence-electron chi connectivity index (χ4n) is 3.45. The van der Waals surface area contributed by atoms with E-state index in [1.807, 2.05) is 68.1 Å². The number of rotatable bonds is 4. The predicted octanol–water partition coefficient (Wildman–Crippen LogP) is 4.22. The van der Waals surface area contributed by atoms with E-state index in [1.54, 1.807) is 6.07 Å². The van der Waals surface area contributed by atoms with Crippen LogP contribution in [0.2, 0.25) is 5.02 Å². The Kier molecular flexibility index (Phi) is 6.48. The number of hydrogen-bond acceptors (Lipinski definition) is 3. The van der Waals surface area contributed by atoms with Gasteiger partial charge in [-0.05, 0) is 23.8 Å². The van der Waals surface area contributed by atoms with Crippen LogP contribution < -0.4 is 10.2 Å². The quantitative estimate of drug-likeness (QED) is 0.816. The first-order valence-corrected chi connectivity index (χ1v) is 10.3. The molecule has 0 aliphatic carbocycles. The summed E-state index contributed by atoms with van der Waals surface area (Å²) in [6.45, 7) is 8.68. The number of halogens is 1. The van der Waals surface area contributed by atoms with Gasteiger partial charge in [-0.25, -0.2) is 0 Å². The zero-order valence-electron chi connectivity index (χ0n) is 17.2. The maximum atomic E-state index is 12.4. The second-order valence-corrected chi connectivity index (χ2v) is 8.81. The van der Waals surface area contributed by atoms with Crippen LogP contribution in [-0.2, 0) is 16.0 Å². The van der Waals surface area contributed by atoms with Crippen molar-refractivity contribution in [3.8, 4) is 0 Å². The zero-order valence-corrected chi connectivity index (χ0v) is 18.0. The van der Waals surface area contributed by atoms with Crippen molar-refractivity contribution in [1.82, 2.24) is 4.90 Å². The molecular weight excluding hydrogens is 386 g/mol. The first-order chi connectivity index (χ1) is 13.7. The Balaban J connectivity index is 1.59. The molecule has 154 valence electrons. The number of carbonyl (C=O) groups excluding carboxylic acids is 2. The van der Waals surface area contributed by atoms with Crippen LogP contribution in [-0.4, -0.2) is 42.9 Å². The van der Waals surface area contributed by atoms with Crippen molar-refractivity contribution in [1.29, 1.82) is 0 Å². The molecule has 0 spiro atoms. The molecule has 1 saturated heterocycles. The number of carbonyl (C=O) groups is 2. The van der Waals surface area contributed by atoms with Crippen molar-refractivity contribution in [3.63, 3.8) is 0 Å². The van der Waals surface area contributed by atoms with Crippen molar-refractivity contribution < 1.29 is 9.59 Å². The number of piperazine rings is 1. The van der Waals surface area contributed by atoms with Gasteiger partial charge in [0.25, 0.3) is 0 Å². The summed E-state index contributed by atoms with van der Waals surface area (Å²) in [4.78, 5) is 28.8. The molecule has 1 aliphatic heterocycles. The van der Waals surface area contributed by atoms with Gasteiger partial charge in [0.2, 0.25) is 11.8 Å². The molecule has 2 amide bonds. The zero-order chi connectivity index (χ0) is 21.0. The van der Waals surface area contributed by atoms with E-state index in [4.69, 9.17) is 11.6 Å². The van der Waals surface area contributed by atoms with E-state index in [0.717, 1.165) is 24.3 Å². The average molecular weight is 414 g/mol. The summed E-state index contributed by atoms with van der Waals surface area (Å²) in [6, 6.07) is 15.2. The van der Waals surface area contributed by atoms with Gasteiger partial charge in [0.05, 0.1) is 17.1 Å². The Morgan fingerprint density at radius 3 is 2.24 bits per heavy atom. The van der Waals surface area contributed by atoms with Crippen LogP contribution in [0.3, 0.4) is 0 Å². The Labute approximate surface area is 177 Å². The molecule has 1 N–H and O–H groups in total. The van der Waals surface area contributed by atoms with Gasteiger partial charge < -0.3 is 15.1 Å². The van der Waals surface area contributed by atoms with Gasteiger partial charge in [0.1, 0.15) is 0 Å². The number of amides is 2. The number of anilines is 2. The molecule has 3 rings (SSSR count). The van der Waals surface area contributed by atoms with Crippen LogP contribution in [0.1, 0.15) is 26.3 Å². The Bertz CT molecular complexity index is 869. The van der Waals surface area contributed by atoms with Crippen LogP contribution in [0.15, 0.2) is 48.5 Å². The molecule has 6 heteroatoms. The average Bonchev–Trinajstić information content (AvgIpc) is 2.68. The minimum atomic E-state index is -0.362. The summed E-state index contributed by atoms with van der Waals surface area (Å²) in [6.07, 6.45) is 0.323. The van der Waals surface area contributed by atoms with E-state index < -0.39 is 0 Å². The topological polar surface area (TPSA) is 52.7 Å². The lowest BCUT2D eigenvalue weighted by molar-refractivity contribution is -0.139. The smallest absolute Gasteiger partial charge is 0.228 e. The lowest BCUT2D eigenvalue weighted by Crippen LogP contribution is -2.51. The van der Waals surface area contributed by atoms with Gasteiger partial charge in [-0.1, -0.05) is 62.7 Å². The molecule has 2 aromatic rings. The first kappa shape index (κ1) is 21.2. The van der Waals surface area contributed by atoms with E-state index in [2.05, 4.69) is 10.2 Å². The number of nitrogens with zero attached hydrogens (tertiary/aromatic N) is 2. The van der Waals surface area contributed by atoms with Crippen LogP contribution in [0, 0.1) is 5.41 Å². The fraction of sp³-hybridized carbons (Fsp3) is 0.391. The fourth-order valence-corrected chi connectivity index (χ4v) is 3.75. The molecule has 0 unspecified atom stereocenters. The first-order valence-electron chi connectivity index (χ1n) is 9.92. The Hall–Kier alpha value is -2.53. The van der Waals surface area contributed by atoms with Crippen LogP contribution in [0.25, 0.3) is 0 Å². The molecule has 1 fully saturated rings. The van der Waals surface area contributed by atoms with Crippen molar-refractivity contribution in [2.45, 2.75) is 27.2 Å². The van der Waals surface area contributed by atoms with Crippen LogP contribution in [0.5, 0.6) is 0 Å². The number of benzene rings is 2. The third-order valence-electron chi connectivity index (χ3n) is 4.99. The third kappa shape index (κ3) is 5.51. The lowest BCUT2D eigenvalue weighted by atomic mass is 9.94. The third-order valence-corrected chi connectivity index (χ3v) is 5.29. The largest absolute Gasteiger partial charge is 0.367 e. The molecule has 1 heterocycles. The van der Waals surface area contributed by atoms with Crippen LogP contribution >= 0.6 is 11.6 Å². The summed E-state index contributed by atoms with van der Waals surface area (Å²) in [5.74, 6) is 0.106. The van der Waals surface area contributed by atoms with Gasteiger partial charge in [0.15, 0.2) is 0 Å². The molecule has 0 bridgehead atoms. The van der Waals surface area contributed by atoms with Crippen molar-refractivity contribution in [2.75, 3.05) is 36.4 Å². The van der Waals surface area contributed by atoms with Crippen molar-refractivity contribution in [3.05, 3.63) is 59.1 Å². The molecule has 5 nitrogen and oxygen atoms in total. The summed E-state index contributed by atoms with van der Waals surface area (Å²) in [5, 5.41) is 3.50. The second kappa shape index (κ2) is 8.87. The van der Waals surface area contributed by atoms with Gasteiger partial charge in [-0.15, -0.1) is 0 Å². The van der Waals surface area contributed by atoms with Gasteiger partial charge in [-0.2, -0.15) is 0 Å². The summed E-state index contributed by atoms with van der Waals surface area (Å²) >= 11 is 6.50.